The molecule has 210 valence electrons. The number of nitrogens with zero attached hydrogens (tertiary/aromatic N) is 2. The average Bonchev–Trinajstić information content (AvgIpc) is 3.30. The van der Waals surface area contributed by atoms with E-state index < -0.39 is 12.0 Å². The highest BCUT2D eigenvalue weighted by molar-refractivity contribution is 9.10. The smallest absolute Gasteiger partial charge is 0.338 e. The van der Waals surface area contributed by atoms with Crippen molar-refractivity contribution in [3.05, 3.63) is 124 Å². The first kappa shape index (κ1) is 28.9. The minimum atomic E-state index is -0.672. The molecule has 3 aromatic carbocycles. The summed E-state index contributed by atoms with van der Waals surface area (Å²) < 4.78 is 19.8. The lowest BCUT2D eigenvalue weighted by atomic mass is 9.95. The standard InChI is InChI=1S/C31H26BrClN2O5S/c1-4-23-26(30(37)39-3)27(19-8-6-5-7-9-19)35-29(36)25(41-31(35)34-23)15-20-14-21(32)16-24(38-2)28(20)40-17-18-10-12-22(33)13-11-18/h5-16,27H,4,17H2,1-3H3/b25-15+/t27-/m1/s1. The summed E-state index contributed by atoms with van der Waals surface area (Å²) in [6.45, 7) is 2.20. The summed E-state index contributed by atoms with van der Waals surface area (Å²) in [4.78, 5) is 32.3. The second-order valence-corrected chi connectivity index (χ2v) is 11.5. The fourth-order valence-electron chi connectivity index (χ4n) is 4.69. The van der Waals surface area contributed by atoms with Crippen LogP contribution in [0, 0.1) is 0 Å². The number of aromatic nitrogens is 1. The van der Waals surface area contributed by atoms with Crippen LogP contribution in [0.15, 0.2) is 92.3 Å². The lowest BCUT2D eigenvalue weighted by Gasteiger charge is -2.25. The first-order chi connectivity index (χ1) is 19.8. The van der Waals surface area contributed by atoms with E-state index in [9.17, 15) is 9.59 Å². The minimum absolute atomic E-state index is 0.271. The highest BCUT2D eigenvalue weighted by atomic mass is 79.9. The van der Waals surface area contributed by atoms with Crippen LogP contribution in [0.3, 0.4) is 0 Å². The fraction of sp³-hybridized carbons (Fsp3) is 0.194. The Morgan fingerprint density at radius 2 is 1.85 bits per heavy atom. The molecule has 0 fully saturated rings. The number of ether oxygens (including phenoxy) is 3. The molecule has 0 N–H and O–H groups in total. The quantitative estimate of drug-likeness (QED) is 0.225. The highest BCUT2D eigenvalue weighted by Gasteiger charge is 2.33. The molecule has 0 saturated heterocycles. The van der Waals surface area contributed by atoms with Crippen molar-refractivity contribution in [3.63, 3.8) is 0 Å². The van der Waals surface area contributed by atoms with Gasteiger partial charge in [-0.2, -0.15) is 0 Å². The van der Waals surface area contributed by atoms with Gasteiger partial charge in [0, 0.05) is 15.1 Å². The third-order valence-corrected chi connectivity index (χ3v) is 8.31. The topological polar surface area (TPSA) is 79.1 Å². The number of rotatable bonds is 8. The van der Waals surface area contributed by atoms with E-state index >= 15 is 0 Å². The number of thiazole rings is 1. The molecule has 1 aliphatic rings. The molecule has 10 heteroatoms. The van der Waals surface area contributed by atoms with Crippen molar-refractivity contribution in [1.82, 2.24) is 4.57 Å². The summed E-state index contributed by atoms with van der Waals surface area (Å²) >= 11 is 10.8. The number of esters is 1. The van der Waals surface area contributed by atoms with Crippen molar-refractivity contribution in [3.8, 4) is 11.5 Å². The summed E-state index contributed by atoms with van der Waals surface area (Å²) in [5.41, 5.74) is 3.04. The molecule has 2 heterocycles. The molecule has 5 rings (SSSR count). The van der Waals surface area contributed by atoms with E-state index in [1.165, 1.54) is 18.4 Å². The zero-order valence-electron chi connectivity index (χ0n) is 22.5. The number of carbonyl (C=O) groups is 1. The van der Waals surface area contributed by atoms with E-state index in [2.05, 4.69) is 15.9 Å². The first-order valence-corrected chi connectivity index (χ1v) is 14.8. The Bertz CT molecular complexity index is 1810. The number of carbonyl (C=O) groups excluding carboxylic acids is 1. The van der Waals surface area contributed by atoms with Gasteiger partial charge in [0.1, 0.15) is 6.61 Å². The zero-order valence-corrected chi connectivity index (χ0v) is 25.7. The van der Waals surface area contributed by atoms with Gasteiger partial charge in [-0.05, 0) is 47.9 Å². The van der Waals surface area contributed by atoms with E-state index in [4.69, 9.17) is 30.8 Å². The molecule has 0 radical (unpaired) electrons. The molecule has 0 saturated carbocycles. The number of benzene rings is 3. The largest absolute Gasteiger partial charge is 0.493 e. The number of allylic oxidation sites excluding steroid dienone is 1. The average molecular weight is 654 g/mol. The lowest BCUT2D eigenvalue weighted by molar-refractivity contribution is -0.136. The Hall–Kier alpha value is -3.66. The number of halogens is 2. The van der Waals surface area contributed by atoms with E-state index in [0.29, 0.717) is 49.1 Å². The van der Waals surface area contributed by atoms with Gasteiger partial charge in [-0.1, -0.05) is 88.3 Å². The molecule has 1 aliphatic heterocycles. The van der Waals surface area contributed by atoms with Crippen molar-refractivity contribution in [2.24, 2.45) is 4.99 Å². The third-order valence-electron chi connectivity index (χ3n) is 6.62. The Balaban J connectivity index is 1.67. The van der Waals surface area contributed by atoms with Crippen LogP contribution < -0.4 is 24.4 Å². The van der Waals surface area contributed by atoms with Crippen molar-refractivity contribution in [2.75, 3.05) is 14.2 Å². The van der Waals surface area contributed by atoms with E-state index in [1.807, 2.05) is 61.5 Å². The molecule has 0 bridgehead atoms. The van der Waals surface area contributed by atoms with Crippen LogP contribution in [0.5, 0.6) is 11.5 Å². The zero-order chi connectivity index (χ0) is 29.1. The molecular formula is C31H26BrClN2O5S. The van der Waals surface area contributed by atoms with Gasteiger partial charge in [0.2, 0.25) is 0 Å². The van der Waals surface area contributed by atoms with Gasteiger partial charge >= 0.3 is 5.97 Å². The Labute approximate surface area is 254 Å². The molecule has 7 nitrogen and oxygen atoms in total. The third kappa shape index (κ3) is 5.88. The summed E-state index contributed by atoms with van der Waals surface area (Å²) in [7, 11) is 2.90. The van der Waals surface area contributed by atoms with Crippen molar-refractivity contribution in [2.45, 2.75) is 26.0 Å². The molecule has 4 aromatic rings. The van der Waals surface area contributed by atoms with E-state index in [0.717, 1.165) is 15.6 Å². The first-order valence-electron chi connectivity index (χ1n) is 12.8. The van der Waals surface area contributed by atoms with Gasteiger partial charge in [-0.3, -0.25) is 9.36 Å². The molecule has 41 heavy (non-hydrogen) atoms. The molecular weight excluding hydrogens is 628 g/mol. The Morgan fingerprint density at radius 3 is 2.51 bits per heavy atom. The molecule has 0 amide bonds. The van der Waals surface area contributed by atoms with Crippen LogP contribution in [0.2, 0.25) is 5.02 Å². The normalized spacial score (nSPS) is 14.9. The molecule has 0 unspecified atom stereocenters. The van der Waals surface area contributed by atoms with E-state index in [1.54, 1.807) is 29.9 Å². The van der Waals surface area contributed by atoms with Gasteiger partial charge < -0.3 is 14.2 Å². The number of hydrogen-bond acceptors (Lipinski definition) is 7. The van der Waals surface area contributed by atoms with Crippen LogP contribution >= 0.6 is 38.9 Å². The maximum atomic E-state index is 14.0. The molecule has 0 spiro atoms. The molecule has 1 aromatic heterocycles. The number of hydrogen-bond donors (Lipinski definition) is 0. The fourth-order valence-corrected chi connectivity index (χ4v) is 6.29. The lowest BCUT2D eigenvalue weighted by Crippen LogP contribution is -2.40. The number of fused-ring (bicyclic) bond motifs is 1. The SMILES string of the molecule is CCC1=C(C(=O)OC)[C@@H](c2ccccc2)n2c(s/c(=C/c3cc(Br)cc(OC)c3OCc3ccc(Cl)cc3)c2=O)=N1. The maximum absolute atomic E-state index is 14.0. The minimum Gasteiger partial charge on any atom is -0.493 e. The molecule has 0 aliphatic carbocycles. The maximum Gasteiger partial charge on any atom is 0.338 e. The second-order valence-electron chi connectivity index (χ2n) is 9.14. The van der Waals surface area contributed by atoms with Crippen molar-refractivity contribution in [1.29, 1.82) is 0 Å². The van der Waals surface area contributed by atoms with Crippen LogP contribution in [-0.4, -0.2) is 24.8 Å². The predicted molar refractivity (Wildman–Crippen MR) is 163 cm³/mol. The van der Waals surface area contributed by atoms with Crippen LogP contribution in [-0.2, 0) is 16.1 Å². The van der Waals surface area contributed by atoms with Crippen LogP contribution in [0.1, 0.15) is 36.1 Å². The number of methoxy groups -OCH3 is 2. The van der Waals surface area contributed by atoms with Gasteiger partial charge in [0.05, 0.1) is 36.1 Å². The Kier molecular flexibility index (Phi) is 8.77. The monoisotopic (exact) mass is 652 g/mol. The summed E-state index contributed by atoms with van der Waals surface area (Å²) in [5, 5.41) is 0.640. The van der Waals surface area contributed by atoms with Crippen molar-refractivity contribution < 1.29 is 19.0 Å². The molecule has 1 atom stereocenters. The van der Waals surface area contributed by atoms with Crippen LogP contribution in [0.4, 0.5) is 0 Å². The Morgan fingerprint density at radius 1 is 1.12 bits per heavy atom. The predicted octanol–water partition coefficient (Wildman–Crippen LogP) is 5.80. The van der Waals surface area contributed by atoms with Gasteiger partial charge in [0.15, 0.2) is 16.3 Å². The highest BCUT2D eigenvalue weighted by Crippen LogP contribution is 2.36. The summed E-state index contributed by atoms with van der Waals surface area (Å²) in [6, 6.07) is 19.8. The summed E-state index contributed by atoms with van der Waals surface area (Å²) in [5.74, 6) is 0.486. The van der Waals surface area contributed by atoms with Crippen LogP contribution in [0.25, 0.3) is 6.08 Å². The van der Waals surface area contributed by atoms with Gasteiger partial charge in [-0.15, -0.1) is 0 Å². The van der Waals surface area contributed by atoms with E-state index in [-0.39, 0.29) is 12.2 Å². The summed E-state index contributed by atoms with van der Waals surface area (Å²) in [6.07, 6.45) is 2.27. The van der Waals surface area contributed by atoms with Gasteiger partial charge in [0.25, 0.3) is 5.56 Å². The van der Waals surface area contributed by atoms with Gasteiger partial charge in [-0.25, -0.2) is 9.79 Å². The van der Waals surface area contributed by atoms with Crippen molar-refractivity contribution >= 4 is 50.9 Å². The second kappa shape index (κ2) is 12.5.